The van der Waals surface area contributed by atoms with Gasteiger partial charge in [-0.05, 0) is 66.2 Å². The molecule has 1 aliphatic heterocycles. The van der Waals surface area contributed by atoms with Crippen LogP contribution in [0.2, 0.25) is 5.02 Å². The molecular weight excluding hydrogens is 484 g/mol. The number of rotatable bonds is 6. The van der Waals surface area contributed by atoms with E-state index < -0.39 is 17.7 Å². The molecule has 9 heteroatoms. The Bertz CT molecular complexity index is 1370. The van der Waals surface area contributed by atoms with Gasteiger partial charge in [0.15, 0.2) is 11.5 Å². The zero-order valence-corrected chi connectivity index (χ0v) is 20.5. The van der Waals surface area contributed by atoms with Gasteiger partial charge in [-0.15, -0.1) is 0 Å². The van der Waals surface area contributed by atoms with Crippen LogP contribution in [-0.4, -0.2) is 36.9 Å². The van der Waals surface area contributed by atoms with E-state index in [4.69, 9.17) is 21.1 Å². The SMILES string of the molecule is COc1ccc([C@H]2/C(=C(\O)c3ccc(Cl)cc3)C(=O)C(=O)N2c2ccc(NC(C)=O)cc2)cc1OC. The summed E-state index contributed by atoms with van der Waals surface area (Å²) in [5, 5.41) is 14.3. The topological polar surface area (TPSA) is 105 Å². The highest BCUT2D eigenvalue weighted by atomic mass is 35.5. The highest BCUT2D eigenvalue weighted by molar-refractivity contribution is 6.51. The molecule has 0 spiro atoms. The summed E-state index contributed by atoms with van der Waals surface area (Å²) in [4.78, 5) is 39.3. The van der Waals surface area contributed by atoms with E-state index in [1.54, 1.807) is 66.7 Å². The van der Waals surface area contributed by atoms with Crippen molar-refractivity contribution in [1.29, 1.82) is 0 Å². The van der Waals surface area contributed by atoms with Crippen molar-refractivity contribution in [3.05, 3.63) is 88.5 Å². The molecule has 0 unspecified atom stereocenters. The summed E-state index contributed by atoms with van der Waals surface area (Å²) in [5.41, 5.74) is 1.71. The van der Waals surface area contributed by atoms with Crippen LogP contribution in [0.1, 0.15) is 24.1 Å². The maximum Gasteiger partial charge on any atom is 0.300 e. The van der Waals surface area contributed by atoms with E-state index >= 15 is 0 Å². The Balaban J connectivity index is 1.91. The second-order valence-electron chi connectivity index (χ2n) is 8.02. The number of benzene rings is 3. The average molecular weight is 507 g/mol. The minimum Gasteiger partial charge on any atom is -0.507 e. The summed E-state index contributed by atoms with van der Waals surface area (Å²) in [5.74, 6) is -1.35. The lowest BCUT2D eigenvalue weighted by atomic mass is 9.94. The van der Waals surface area contributed by atoms with Crippen molar-refractivity contribution >= 4 is 46.3 Å². The number of carbonyl (C=O) groups excluding carboxylic acids is 3. The van der Waals surface area contributed by atoms with Crippen molar-refractivity contribution in [2.75, 3.05) is 24.4 Å². The number of hydrogen-bond acceptors (Lipinski definition) is 6. The first-order valence-corrected chi connectivity index (χ1v) is 11.3. The Hall–Kier alpha value is -4.30. The maximum atomic E-state index is 13.3. The zero-order chi connectivity index (χ0) is 26.0. The fourth-order valence-corrected chi connectivity index (χ4v) is 4.24. The van der Waals surface area contributed by atoms with E-state index in [2.05, 4.69) is 5.32 Å². The van der Waals surface area contributed by atoms with Gasteiger partial charge in [-0.3, -0.25) is 19.3 Å². The standard InChI is InChI=1S/C27H23ClN2O6/c1-15(31)29-19-9-11-20(12-10-19)30-24(17-6-13-21(35-2)22(14-17)36-3)23(26(33)27(30)34)25(32)16-4-7-18(28)8-5-16/h4-14,24,32H,1-3H3,(H,29,31)/b25-23+/t24-/m0/s1. The van der Waals surface area contributed by atoms with Crippen molar-refractivity contribution in [2.24, 2.45) is 0 Å². The van der Waals surface area contributed by atoms with Gasteiger partial charge in [0, 0.05) is 28.9 Å². The van der Waals surface area contributed by atoms with Crippen molar-refractivity contribution in [1.82, 2.24) is 0 Å². The van der Waals surface area contributed by atoms with Crippen molar-refractivity contribution in [2.45, 2.75) is 13.0 Å². The third-order valence-electron chi connectivity index (χ3n) is 5.75. The lowest BCUT2D eigenvalue weighted by molar-refractivity contribution is -0.132. The number of hydrogen-bond donors (Lipinski definition) is 2. The molecule has 184 valence electrons. The summed E-state index contributed by atoms with van der Waals surface area (Å²) in [6.45, 7) is 1.39. The van der Waals surface area contributed by atoms with Gasteiger partial charge < -0.3 is 19.9 Å². The molecule has 1 fully saturated rings. The Morgan fingerprint density at radius 3 is 2.17 bits per heavy atom. The first-order chi connectivity index (χ1) is 17.2. The quantitative estimate of drug-likeness (QED) is 0.279. The first-order valence-electron chi connectivity index (χ1n) is 10.9. The normalized spacial score (nSPS) is 16.7. The van der Waals surface area contributed by atoms with Gasteiger partial charge in [-0.25, -0.2) is 0 Å². The maximum absolute atomic E-state index is 13.3. The lowest BCUT2D eigenvalue weighted by Gasteiger charge is -2.26. The summed E-state index contributed by atoms with van der Waals surface area (Å²) in [6, 6.07) is 16.8. The van der Waals surface area contributed by atoms with E-state index in [1.807, 2.05) is 0 Å². The van der Waals surface area contributed by atoms with Gasteiger partial charge in [0.25, 0.3) is 11.7 Å². The number of ketones is 1. The van der Waals surface area contributed by atoms with Crippen LogP contribution in [0.25, 0.3) is 5.76 Å². The van der Waals surface area contributed by atoms with Crippen LogP contribution in [0.3, 0.4) is 0 Å². The minimum atomic E-state index is -0.966. The molecule has 2 amide bonds. The monoisotopic (exact) mass is 506 g/mol. The molecule has 3 aromatic carbocycles. The Morgan fingerprint density at radius 2 is 1.58 bits per heavy atom. The van der Waals surface area contributed by atoms with E-state index in [1.165, 1.54) is 26.0 Å². The Labute approximate surface area is 212 Å². The van der Waals surface area contributed by atoms with Crippen LogP contribution in [0.4, 0.5) is 11.4 Å². The van der Waals surface area contributed by atoms with E-state index in [9.17, 15) is 19.5 Å². The fourth-order valence-electron chi connectivity index (χ4n) is 4.11. The summed E-state index contributed by atoms with van der Waals surface area (Å²) in [7, 11) is 2.98. The van der Waals surface area contributed by atoms with E-state index in [0.29, 0.717) is 39.0 Å². The molecule has 0 aromatic heterocycles. The van der Waals surface area contributed by atoms with Gasteiger partial charge >= 0.3 is 0 Å². The highest BCUT2D eigenvalue weighted by Crippen LogP contribution is 2.44. The van der Waals surface area contributed by atoms with Crippen LogP contribution >= 0.6 is 11.6 Å². The molecule has 1 saturated heterocycles. The fraction of sp³-hybridized carbons (Fsp3) is 0.148. The van der Waals surface area contributed by atoms with Crippen molar-refractivity contribution in [3.8, 4) is 11.5 Å². The molecule has 4 rings (SSSR count). The molecule has 0 bridgehead atoms. The highest BCUT2D eigenvalue weighted by Gasteiger charge is 2.47. The molecule has 0 saturated carbocycles. The number of carbonyl (C=O) groups is 3. The second kappa shape index (κ2) is 10.1. The van der Waals surface area contributed by atoms with Gasteiger partial charge in [0.2, 0.25) is 5.91 Å². The number of aliphatic hydroxyl groups is 1. The molecule has 8 nitrogen and oxygen atoms in total. The predicted octanol–water partition coefficient (Wildman–Crippen LogP) is 4.94. The average Bonchev–Trinajstić information content (AvgIpc) is 3.14. The molecule has 36 heavy (non-hydrogen) atoms. The predicted molar refractivity (Wildman–Crippen MR) is 137 cm³/mol. The van der Waals surface area contributed by atoms with Crippen LogP contribution in [-0.2, 0) is 14.4 Å². The molecule has 1 heterocycles. The van der Waals surface area contributed by atoms with E-state index in [-0.39, 0.29) is 17.2 Å². The number of amides is 2. The molecule has 2 N–H and O–H groups in total. The number of ether oxygens (including phenoxy) is 2. The number of nitrogens with one attached hydrogen (secondary N) is 1. The largest absolute Gasteiger partial charge is 0.507 e. The van der Waals surface area contributed by atoms with Crippen LogP contribution in [0.15, 0.2) is 72.3 Å². The Morgan fingerprint density at radius 1 is 0.944 bits per heavy atom. The third-order valence-corrected chi connectivity index (χ3v) is 6.00. The molecule has 1 aliphatic rings. The van der Waals surface area contributed by atoms with Crippen molar-refractivity contribution in [3.63, 3.8) is 0 Å². The third kappa shape index (κ3) is 4.63. The summed E-state index contributed by atoms with van der Waals surface area (Å²) >= 11 is 5.98. The molecule has 0 aliphatic carbocycles. The molecule has 3 aromatic rings. The van der Waals surface area contributed by atoms with Crippen LogP contribution < -0.4 is 19.7 Å². The summed E-state index contributed by atoms with van der Waals surface area (Å²) in [6.07, 6.45) is 0. The van der Waals surface area contributed by atoms with Crippen molar-refractivity contribution < 1.29 is 29.0 Å². The number of halogens is 1. The van der Waals surface area contributed by atoms with Gasteiger partial charge in [-0.2, -0.15) is 0 Å². The molecule has 1 atom stereocenters. The number of anilines is 2. The van der Waals surface area contributed by atoms with Gasteiger partial charge in [-0.1, -0.05) is 17.7 Å². The van der Waals surface area contributed by atoms with E-state index in [0.717, 1.165) is 0 Å². The second-order valence-corrected chi connectivity index (χ2v) is 8.45. The number of Topliss-reactive ketones (excluding diaryl/α,β-unsaturated/α-hetero) is 1. The number of aliphatic hydroxyl groups excluding tert-OH is 1. The van der Waals surface area contributed by atoms with Crippen LogP contribution in [0.5, 0.6) is 11.5 Å². The smallest absolute Gasteiger partial charge is 0.300 e. The van der Waals surface area contributed by atoms with Crippen LogP contribution in [0, 0.1) is 0 Å². The molecular formula is C27H23ClN2O6. The zero-order valence-electron chi connectivity index (χ0n) is 19.7. The Kier molecular flexibility index (Phi) is 6.98. The number of methoxy groups -OCH3 is 2. The number of nitrogens with zero attached hydrogens (tertiary/aromatic N) is 1. The molecule has 0 radical (unpaired) electrons. The van der Waals surface area contributed by atoms with Gasteiger partial charge in [0.05, 0.1) is 25.8 Å². The summed E-state index contributed by atoms with van der Waals surface area (Å²) < 4.78 is 10.8. The minimum absolute atomic E-state index is 0.0829. The van der Waals surface area contributed by atoms with Gasteiger partial charge in [0.1, 0.15) is 5.76 Å². The lowest BCUT2D eigenvalue weighted by Crippen LogP contribution is -2.29. The first kappa shape index (κ1) is 24.8.